The van der Waals surface area contributed by atoms with E-state index in [-0.39, 0.29) is 13.0 Å². The summed E-state index contributed by atoms with van der Waals surface area (Å²) in [6.07, 6.45) is 1.23. The molecule has 0 saturated heterocycles. The lowest BCUT2D eigenvalue weighted by Crippen LogP contribution is -2.53. The number of rotatable bonds is 10. The number of benzene rings is 3. The third kappa shape index (κ3) is 7.63. The highest BCUT2D eigenvalue weighted by atomic mass is 35.5. The molecule has 3 aromatic carbocycles. The molecule has 1 atom stereocenters. The van der Waals surface area contributed by atoms with Gasteiger partial charge in [0.2, 0.25) is 21.8 Å². The Bertz CT molecular complexity index is 1420. The SMILES string of the molecule is CNC(=O)C(Cc1ccccc1)N(Cc1ccc(Cl)cc1Cl)C(=O)CN(c1ccc(Cl)cc1C)S(C)(=O)=O. The van der Waals surface area contributed by atoms with Gasteiger partial charge in [-0.05, 0) is 53.9 Å². The lowest BCUT2D eigenvalue weighted by atomic mass is 10.0. The highest BCUT2D eigenvalue weighted by Gasteiger charge is 2.33. The van der Waals surface area contributed by atoms with Gasteiger partial charge in [0.05, 0.1) is 11.9 Å². The number of carbonyl (C=O) groups is 2. The van der Waals surface area contributed by atoms with Crippen molar-refractivity contribution in [2.24, 2.45) is 0 Å². The molecule has 7 nitrogen and oxygen atoms in total. The maximum absolute atomic E-state index is 13.9. The predicted molar refractivity (Wildman–Crippen MR) is 153 cm³/mol. The maximum Gasteiger partial charge on any atom is 0.244 e. The van der Waals surface area contributed by atoms with Gasteiger partial charge >= 0.3 is 0 Å². The number of hydrogen-bond donors (Lipinski definition) is 1. The van der Waals surface area contributed by atoms with E-state index in [1.165, 1.54) is 11.9 Å². The van der Waals surface area contributed by atoms with Crippen LogP contribution in [0.5, 0.6) is 0 Å². The van der Waals surface area contributed by atoms with E-state index in [1.54, 1.807) is 43.3 Å². The van der Waals surface area contributed by atoms with Crippen LogP contribution in [0.1, 0.15) is 16.7 Å². The van der Waals surface area contributed by atoms with Gasteiger partial charge < -0.3 is 10.2 Å². The van der Waals surface area contributed by atoms with E-state index in [2.05, 4.69) is 5.32 Å². The van der Waals surface area contributed by atoms with Gasteiger partial charge in [0.15, 0.2) is 0 Å². The summed E-state index contributed by atoms with van der Waals surface area (Å²) in [5.41, 5.74) is 2.28. The molecule has 38 heavy (non-hydrogen) atoms. The number of sulfonamides is 1. The molecular formula is C27H28Cl3N3O4S. The third-order valence-corrected chi connectivity index (χ3v) is 7.93. The summed E-state index contributed by atoms with van der Waals surface area (Å²) >= 11 is 18.6. The van der Waals surface area contributed by atoms with E-state index in [1.807, 2.05) is 30.3 Å². The van der Waals surface area contributed by atoms with Crippen molar-refractivity contribution in [2.75, 3.05) is 24.2 Å². The lowest BCUT2D eigenvalue weighted by molar-refractivity contribution is -0.139. The number of nitrogens with zero attached hydrogens (tertiary/aromatic N) is 2. The second-order valence-electron chi connectivity index (χ2n) is 8.78. The summed E-state index contributed by atoms with van der Waals surface area (Å²) in [6.45, 7) is 1.13. The average molecular weight is 597 g/mol. The van der Waals surface area contributed by atoms with E-state index < -0.39 is 34.4 Å². The van der Waals surface area contributed by atoms with Crippen molar-refractivity contribution in [1.82, 2.24) is 10.2 Å². The van der Waals surface area contributed by atoms with Crippen molar-refractivity contribution in [3.63, 3.8) is 0 Å². The van der Waals surface area contributed by atoms with Gasteiger partial charge in [-0.3, -0.25) is 13.9 Å². The van der Waals surface area contributed by atoms with Gasteiger partial charge in [-0.2, -0.15) is 0 Å². The fourth-order valence-electron chi connectivity index (χ4n) is 4.05. The van der Waals surface area contributed by atoms with Gasteiger partial charge in [0, 0.05) is 35.1 Å². The van der Waals surface area contributed by atoms with E-state index in [4.69, 9.17) is 34.8 Å². The van der Waals surface area contributed by atoms with Crippen LogP contribution in [0.3, 0.4) is 0 Å². The zero-order chi connectivity index (χ0) is 28.0. The van der Waals surface area contributed by atoms with Crippen LogP contribution in [0.15, 0.2) is 66.7 Å². The first kappa shape index (κ1) is 29.8. The topological polar surface area (TPSA) is 86.8 Å². The molecule has 0 aromatic heterocycles. The summed E-state index contributed by atoms with van der Waals surface area (Å²) in [4.78, 5) is 28.4. The number of halogens is 3. The smallest absolute Gasteiger partial charge is 0.244 e. The van der Waals surface area contributed by atoms with E-state index in [9.17, 15) is 18.0 Å². The molecule has 0 fully saturated rings. The van der Waals surface area contributed by atoms with Crippen LogP contribution >= 0.6 is 34.8 Å². The van der Waals surface area contributed by atoms with Crippen LogP contribution < -0.4 is 9.62 Å². The minimum atomic E-state index is -3.88. The largest absolute Gasteiger partial charge is 0.357 e. The molecule has 1 unspecified atom stereocenters. The molecule has 0 radical (unpaired) electrons. The third-order valence-electron chi connectivity index (χ3n) is 5.98. The number of hydrogen-bond acceptors (Lipinski definition) is 4. The monoisotopic (exact) mass is 595 g/mol. The molecule has 2 amide bonds. The summed E-state index contributed by atoms with van der Waals surface area (Å²) in [7, 11) is -2.40. The summed E-state index contributed by atoms with van der Waals surface area (Å²) in [5.74, 6) is -0.985. The molecule has 0 heterocycles. The fraction of sp³-hybridized carbons (Fsp3) is 0.259. The Morgan fingerprint density at radius 1 is 0.947 bits per heavy atom. The van der Waals surface area contributed by atoms with Gasteiger partial charge in [-0.15, -0.1) is 0 Å². The lowest BCUT2D eigenvalue weighted by Gasteiger charge is -2.33. The normalized spacial score (nSPS) is 12.1. The first-order chi connectivity index (χ1) is 17.9. The number of likely N-dealkylation sites (N-methyl/N-ethyl adjacent to an activating group) is 1. The van der Waals surface area contributed by atoms with Crippen LogP contribution in [0, 0.1) is 6.92 Å². The number of carbonyl (C=O) groups excluding carboxylic acids is 2. The Hall–Kier alpha value is -2.78. The van der Waals surface area contributed by atoms with Crippen LogP contribution in [-0.4, -0.2) is 51.0 Å². The molecule has 1 N–H and O–H groups in total. The molecule has 11 heteroatoms. The minimum Gasteiger partial charge on any atom is -0.357 e. The minimum absolute atomic E-state index is 0.0447. The molecule has 0 aliphatic heterocycles. The van der Waals surface area contributed by atoms with Gasteiger partial charge in [0.1, 0.15) is 12.6 Å². The second kappa shape index (κ2) is 12.8. The van der Waals surface area contributed by atoms with Crippen molar-refractivity contribution < 1.29 is 18.0 Å². The van der Waals surface area contributed by atoms with Crippen LogP contribution in [0.4, 0.5) is 5.69 Å². The first-order valence-electron chi connectivity index (χ1n) is 11.6. The highest BCUT2D eigenvalue weighted by Crippen LogP contribution is 2.27. The van der Waals surface area contributed by atoms with Crippen LogP contribution in [-0.2, 0) is 32.6 Å². The molecule has 0 spiro atoms. The molecule has 3 rings (SSSR count). The summed E-state index contributed by atoms with van der Waals surface area (Å²) in [5, 5.41) is 3.81. The standard InChI is InChI=1S/C27H28Cl3N3O4S/c1-18-13-21(28)11-12-24(18)33(38(3,36)37)17-26(34)32(16-20-9-10-22(29)15-23(20)30)25(27(35)31-2)14-19-7-5-4-6-8-19/h4-13,15,25H,14,16-17H2,1-3H3,(H,31,35). The van der Waals surface area contributed by atoms with Crippen LogP contribution in [0.25, 0.3) is 0 Å². The predicted octanol–water partition coefficient (Wildman–Crippen LogP) is 5.11. The number of aryl methyl sites for hydroxylation is 1. The fourth-order valence-corrected chi connectivity index (χ4v) is 5.65. The van der Waals surface area contributed by atoms with Gasteiger partial charge in [-0.1, -0.05) is 71.2 Å². The Kier molecular flexibility index (Phi) is 10.1. The van der Waals surface area contributed by atoms with Gasteiger partial charge in [-0.25, -0.2) is 8.42 Å². The van der Waals surface area contributed by atoms with Gasteiger partial charge in [0.25, 0.3) is 0 Å². The Labute approximate surface area is 238 Å². The average Bonchev–Trinajstić information content (AvgIpc) is 2.85. The van der Waals surface area contributed by atoms with Crippen molar-refractivity contribution in [1.29, 1.82) is 0 Å². The molecule has 3 aromatic rings. The zero-order valence-electron chi connectivity index (χ0n) is 21.1. The van der Waals surface area contributed by atoms with Crippen LogP contribution in [0.2, 0.25) is 15.1 Å². The van der Waals surface area contributed by atoms with Crippen molar-refractivity contribution in [3.8, 4) is 0 Å². The first-order valence-corrected chi connectivity index (χ1v) is 14.6. The molecule has 0 aliphatic carbocycles. The molecule has 202 valence electrons. The van der Waals surface area contributed by atoms with Crippen molar-refractivity contribution in [3.05, 3.63) is 98.5 Å². The molecule has 0 bridgehead atoms. The Morgan fingerprint density at radius 3 is 2.16 bits per heavy atom. The van der Waals surface area contributed by atoms with E-state index >= 15 is 0 Å². The highest BCUT2D eigenvalue weighted by molar-refractivity contribution is 7.92. The second-order valence-corrected chi connectivity index (χ2v) is 12.0. The molecule has 0 saturated carbocycles. The summed E-state index contributed by atoms with van der Waals surface area (Å²) in [6, 6.07) is 17.9. The molecule has 0 aliphatic rings. The van der Waals surface area contributed by atoms with Crippen molar-refractivity contribution >= 4 is 62.3 Å². The number of nitrogens with one attached hydrogen (secondary N) is 1. The Balaban J connectivity index is 2.07. The quantitative estimate of drug-likeness (QED) is 0.353. The maximum atomic E-state index is 13.9. The van der Waals surface area contributed by atoms with E-state index in [0.717, 1.165) is 16.1 Å². The number of amides is 2. The zero-order valence-corrected chi connectivity index (χ0v) is 24.2. The summed E-state index contributed by atoms with van der Waals surface area (Å²) < 4.78 is 26.7. The molecular weight excluding hydrogens is 569 g/mol. The van der Waals surface area contributed by atoms with Crippen molar-refractivity contribution in [2.45, 2.75) is 25.9 Å². The number of anilines is 1. The van der Waals surface area contributed by atoms with E-state index in [0.29, 0.717) is 31.9 Å². The Morgan fingerprint density at radius 2 is 1.58 bits per heavy atom.